The molecule has 0 fully saturated rings. The van der Waals surface area contributed by atoms with E-state index < -0.39 is 0 Å². The number of nitrogens with one attached hydrogen (secondary N) is 1. The average molecular weight is 304 g/mol. The predicted molar refractivity (Wildman–Crippen MR) is 73.1 cm³/mol. The van der Waals surface area contributed by atoms with Gasteiger partial charge in [0.25, 0.3) is 0 Å². The van der Waals surface area contributed by atoms with Crippen LogP contribution in [-0.4, -0.2) is 19.8 Å². The van der Waals surface area contributed by atoms with Gasteiger partial charge in [-0.25, -0.2) is 0 Å². The molecule has 0 bridgehead atoms. The van der Waals surface area contributed by atoms with E-state index in [-0.39, 0.29) is 17.6 Å². The Bertz CT molecular complexity index is 343. The topological polar surface area (TPSA) is 34.4 Å². The molecule has 0 radical (unpaired) electrons. The molecular formula is C13H22BrNO2. The van der Waals surface area contributed by atoms with Gasteiger partial charge in [-0.1, -0.05) is 27.7 Å². The molecule has 0 spiro atoms. The van der Waals surface area contributed by atoms with Crippen LogP contribution in [-0.2, 0) is 4.74 Å². The first-order valence-corrected chi connectivity index (χ1v) is 6.70. The van der Waals surface area contributed by atoms with Gasteiger partial charge in [0.05, 0.1) is 22.9 Å². The van der Waals surface area contributed by atoms with Gasteiger partial charge in [0.2, 0.25) is 0 Å². The number of hydrogen-bond acceptors (Lipinski definition) is 3. The molecule has 1 aromatic heterocycles. The molecule has 0 aliphatic heterocycles. The van der Waals surface area contributed by atoms with E-state index in [1.807, 2.05) is 6.07 Å². The Balaban J connectivity index is 3.04. The summed E-state index contributed by atoms with van der Waals surface area (Å²) in [6.45, 7) is 9.46. The minimum absolute atomic E-state index is 0.0355. The first-order valence-electron chi connectivity index (χ1n) is 5.90. The second-order valence-corrected chi connectivity index (χ2v) is 6.04. The van der Waals surface area contributed by atoms with Crippen LogP contribution in [0.5, 0.6) is 0 Å². The molecular weight excluding hydrogens is 282 g/mol. The van der Waals surface area contributed by atoms with E-state index in [0.717, 1.165) is 16.8 Å². The van der Waals surface area contributed by atoms with Gasteiger partial charge in [-0.05, 0) is 34.0 Å². The van der Waals surface area contributed by atoms with E-state index >= 15 is 0 Å². The third kappa shape index (κ3) is 3.57. The summed E-state index contributed by atoms with van der Waals surface area (Å²) >= 11 is 3.51. The SMILES string of the molecule is CCNC(c1occc1Br)C(OC)C(C)(C)C. The Morgan fingerprint density at radius 3 is 2.47 bits per heavy atom. The fraction of sp³-hybridized carbons (Fsp3) is 0.692. The first kappa shape index (κ1) is 14.7. The Kier molecular flexibility index (Phi) is 5.22. The summed E-state index contributed by atoms with van der Waals surface area (Å²) < 4.78 is 12.2. The van der Waals surface area contributed by atoms with Crippen LogP contribution in [0, 0.1) is 5.41 Å². The number of methoxy groups -OCH3 is 1. The van der Waals surface area contributed by atoms with Gasteiger partial charge in [0.1, 0.15) is 5.76 Å². The van der Waals surface area contributed by atoms with Gasteiger partial charge >= 0.3 is 0 Å². The van der Waals surface area contributed by atoms with E-state index in [9.17, 15) is 0 Å². The lowest BCUT2D eigenvalue weighted by atomic mass is 9.83. The fourth-order valence-electron chi connectivity index (χ4n) is 2.07. The zero-order chi connectivity index (χ0) is 13.1. The molecule has 17 heavy (non-hydrogen) atoms. The normalized spacial score (nSPS) is 15.9. The van der Waals surface area contributed by atoms with Gasteiger partial charge < -0.3 is 14.5 Å². The van der Waals surface area contributed by atoms with Crippen LogP contribution in [0.1, 0.15) is 39.5 Å². The lowest BCUT2D eigenvalue weighted by molar-refractivity contribution is -0.0168. The molecule has 1 N–H and O–H groups in total. The molecule has 3 nitrogen and oxygen atoms in total. The molecule has 4 heteroatoms. The highest BCUT2D eigenvalue weighted by Gasteiger charge is 2.35. The highest BCUT2D eigenvalue weighted by atomic mass is 79.9. The molecule has 1 rings (SSSR count). The third-order valence-corrected chi connectivity index (χ3v) is 3.42. The zero-order valence-electron chi connectivity index (χ0n) is 11.2. The first-order chi connectivity index (χ1) is 7.91. The van der Waals surface area contributed by atoms with Crippen molar-refractivity contribution < 1.29 is 9.15 Å². The van der Waals surface area contributed by atoms with E-state index in [4.69, 9.17) is 9.15 Å². The maximum atomic E-state index is 5.66. The van der Waals surface area contributed by atoms with E-state index in [1.165, 1.54) is 0 Å². The quantitative estimate of drug-likeness (QED) is 0.899. The molecule has 0 saturated heterocycles. The van der Waals surface area contributed by atoms with Gasteiger partial charge in [0.15, 0.2) is 0 Å². The van der Waals surface area contributed by atoms with Crippen LogP contribution >= 0.6 is 15.9 Å². The maximum Gasteiger partial charge on any atom is 0.137 e. The Morgan fingerprint density at radius 2 is 2.12 bits per heavy atom. The van der Waals surface area contributed by atoms with Gasteiger partial charge in [0, 0.05) is 7.11 Å². The minimum atomic E-state index is 0.0355. The number of rotatable bonds is 5. The summed E-state index contributed by atoms with van der Waals surface area (Å²) in [5, 5.41) is 3.43. The molecule has 0 saturated carbocycles. The largest absolute Gasteiger partial charge is 0.466 e. The van der Waals surface area contributed by atoms with Crippen molar-refractivity contribution in [3.05, 3.63) is 22.6 Å². The van der Waals surface area contributed by atoms with Gasteiger partial charge in [-0.3, -0.25) is 0 Å². The smallest absolute Gasteiger partial charge is 0.137 e. The van der Waals surface area contributed by atoms with E-state index in [0.29, 0.717) is 0 Å². The van der Waals surface area contributed by atoms with Crippen molar-refractivity contribution in [3.63, 3.8) is 0 Å². The summed E-state index contributed by atoms with van der Waals surface area (Å²) in [7, 11) is 1.75. The summed E-state index contributed by atoms with van der Waals surface area (Å²) in [5.41, 5.74) is 0.0355. The van der Waals surface area contributed by atoms with Crippen LogP contribution in [0.2, 0.25) is 0 Å². The molecule has 0 aliphatic rings. The molecule has 98 valence electrons. The lowest BCUT2D eigenvalue weighted by Crippen LogP contribution is -2.41. The molecule has 0 aromatic carbocycles. The predicted octanol–water partition coefficient (Wildman–Crippen LogP) is 3.75. The molecule has 2 unspecified atom stereocenters. The second-order valence-electron chi connectivity index (χ2n) is 5.19. The molecule has 1 aromatic rings. The van der Waals surface area contributed by atoms with Crippen molar-refractivity contribution in [2.24, 2.45) is 5.41 Å². The van der Waals surface area contributed by atoms with Crippen LogP contribution in [0.25, 0.3) is 0 Å². The molecule has 0 amide bonds. The van der Waals surface area contributed by atoms with Gasteiger partial charge in [-0.15, -0.1) is 0 Å². The fourth-order valence-corrected chi connectivity index (χ4v) is 2.52. The third-order valence-electron chi connectivity index (χ3n) is 2.76. The number of likely N-dealkylation sites (N-methyl/N-ethyl adjacent to an activating group) is 1. The highest BCUT2D eigenvalue weighted by Crippen LogP contribution is 2.35. The molecule has 0 aliphatic carbocycles. The van der Waals surface area contributed by atoms with Crippen molar-refractivity contribution in [2.75, 3.05) is 13.7 Å². The molecule has 2 atom stereocenters. The van der Waals surface area contributed by atoms with Crippen LogP contribution in [0.15, 0.2) is 21.2 Å². The van der Waals surface area contributed by atoms with Crippen molar-refractivity contribution in [1.82, 2.24) is 5.32 Å². The van der Waals surface area contributed by atoms with Crippen molar-refractivity contribution in [2.45, 2.75) is 39.8 Å². The van der Waals surface area contributed by atoms with Crippen LogP contribution < -0.4 is 5.32 Å². The van der Waals surface area contributed by atoms with Crippen LogP contribution in [0.4, 0.5) is 0 Å². The monoisotopic (exact) mass is 303 g/mol. The highest BCUT2D eigenvalue weighted by molar-refractivity contribution is 9.10. The van der Waals surface area contributed by atoms with Crippen LogP contribution in [0.3, 0.4) is 0 Å². The summed E-state index contributed by atoms with van der Waals surface area (Å²) in [6, 6.07) is 1.96. The van der Waals surface area contributed by atoms with Gasteiger partial charge in [-0.2, -0.15) is 0 Å². The van der Waals surface area contributed by atoms with Crippen molar-refractivity contribution >= 4 is 15.9 Å². The average Bonchev–Trinajstić information content (AvgIpc) is 2.62. The summed E-state index contributed by atoms with van der Waals surface area (Å²) in [4.78, 5) is 0. The van der Waals surface area contributed by atoms with Crippen molar-refractivity contribution in [1.29, 1.82) is 0 Å². The zero-order valence-corrected chi connectivity index (χ0v) is 12.8. The Labute approximate surface area is 112 Å². The lowest BCUT2D eigenvalue weighted by Gasteiger charge is -2.35. The number of ether oxygens (including phenoxy) is 1. The summed E-state index contributed by atoms with van der Waals surface area (Å²) in [6.07, 6.45) is 1.74. The molecule has 1 heterocycles. The van der Waals surface area contributed by atoms with E-state index in [2.05, 4.69) is 48.9 Å². The Morgan fingerprint density at radius 1 is 1.47 bits per heavy atom. The number of halogens is 1. The van der Waals surface area contributed by atoms with Crippen molar-refractivity contribution in [3.8, 4) is 0 Å². The standard InChI is InChI=1S/C13H22BrNO2/c1-6-15-10(11-9(14)7-8-17-11)12(16-5)13(2,3)4/h7-8,10,12,15H,6H2,1-5H3. The maximum absolute atomic E-state index is 5.66. The number of furan rings is 1. The van der Waals surface area contributed by atoms with E-state index in [1.54, 1.807) is 13.4 Å². The second kappa shape index (κ2) is 6.03. The minimum Gasteiger partial charge on any atom is -0.466 e. The number of hydrogen-bond donors (Lipinski definition) is 1. The summed E-state index contributed by atoms with van der Waals surface area (Å²) in [5.74, 6) is 0.897. The Hall–Kier alpha value is -0.320.